The van der Waals surface area contributed by atoms with Gasteiger partial charge in [-0.3, -0.25) is 4.79 Å². The van der Waals surface area contributed by atoms with Crippen molar-refractivity contribution in [3.05, 3.63) is 69.7 Å². The minimum atomic E-state index is -3.47. The zero-order valence-electron chi connectivity index (χ0n) is 14.9. The molecule has 144 valence electrons. The van der Waals surface area contributed by atoms with Gasteiger partial charge >= 0.3 is 0 Å². The van der Waals surface area contributed by atoms with Crippen LogP contribution in [0.5, 0.6) is 0 Å². The van der Waals surface area contributed by atoms with Gasteiger partial charge in [0.1, 0.15) is 0 Å². The summed E-state index contributed by atoms with van der Waals surface area (Å²) >= 11 is 11.9. The van der Waals surface area contributed by atoms with Gasteiger partial charge in [0, 0.05) is 19.2 Å². The van der Waals surface area contributed by atoms with Crippen molar-refractivity contribution in [2.45, 2.75) is 18.4 Å². The molecular weight excluding hydrogens is 407 g/mol. The van der Waals surface area contributed by atoms with Crippen LogP contribution in [0.1, 0.15) is 18.1 Å². The number of rotatable bonds is 7. The van der Waals surface area contributed by atoms with E-state index in [1.54, 1.807) is 35.2 Å². The van der Waals surface area contributed by atoms with E-state index in [1.807, 2.05) is 13.0 Å². The molecule has 0 heterocycles. The lowest BCUT2D eigenvalue weighted by atomic mass is 10.2. The van der Waals surface area contributed by atoms with E-state index in [0.29, 0.717) is 23.1 Å². The molecule has 0 saturated carbocycles. The quantitative estimate of drug-likeness (QED) is 0.681. The van der Waals surface area contributed by atoms with E-state index in [9.17, 15) is 13.2 Å². The van der Waals surface area contributed by atoms with Gasteiger partial charge in [0.2, 0.25) is 15.9 Å². The number of carbonyl (C=O) groups excluding carboxylic acids is 1. The summed E-state index contributed by atoms with van der Waals surface area (Å²) in [6.45, 7) is 2.83. The first-order valence-electron chi connectivity index (χ1n) is 8.21. The summed E-state index contributed by atoms with van der Waals surface area (Å²) in [6.07, 6.45) is 3.11. The minimum Gasteiger partial charge on any atom is -0.335 e. The number of hydrogen-bond acceptors (Lipinski definition) is 3. The van der Waals surface area contributed by atoms with Crippen LogP contribution >= 0.6 is 23.2 Å². The van der Waals surface area contributed by atoms with Gasteiger partial charge in [0.25, 0.3) is 0 Å². The molecule has 5 nitrogen and oxygen atoms in total. The zero-order chi connectivity index (χ0) is 20.0. The largest absolute Gasteiger partial charge is 0.335 e. The number of halogens is 2. The Balaban J connectivity index is 2.08. The van der Waals surface area contributed by atoms with Gasteiger partial charge in [-0.25, -0.2) is 13.1 Å². The van der Waals surface area contributed by atoms with Gasteiger partial charge in [-0.05, 0) is 55.4 Å². The Bertz CT molecular complexity index is 942. The predicted molar refractivity (Wildman–Crippen MR) is 109 cm³/mol. The van der Waals surface area contributed by atoms with Gasteiger partial charge in [0.05, 0.1) is 14.9 Å². The summed E-state index contributed by atoms with van der Waals surface area (Å²) in [5.41, 5.74) is 1.61. The van der Waals surface area contributed by atoms with Crippen molar-refractivity contribution in [1.82, 2.24) is 9.62 Å². The van der Waals surface area contributed by atoms with Crippen LogP contribution in [-0.4, -0.2) is 32.8 Å². The summed E-state index contributed by atoms with van der Waals surface area (Å²) in [5, 5.41) is 0.920. The van der Waals surface area contributed by atoms with E-state index in [0.717, 1.165) is 11.1 Å². The molecule has 27 heavy (non-hydrogen) atoms. The third-order valence-corrected chi connectivity index (χ3v) is 6.10. The Kier molecular flexibility index (Phi) is 7.44. The Morgan fingerprint density at radius 1 is 1.11 bits per heavy atom. The number of likely N-dealkylation sites (N-methyl/N-ethyl adjacent to an activating group) is 1. The van der Waals surface area contributed by atoms with Crippen molar-refractivity contribution in [3.8, 4) is 0 Å². The zero-order valence-corrected chi connectivity index (χ0v) is 17.3. The van der Waals surface area contributed by atoms with Gasteiger partial charge in [-0.15, -0.1) is 0 Å². The molecule has 0 unspecified atom stereocenters. The Hall–Kier alpha value is -1.86. The van der Waals surface area contributed by atoms with Crippen molar-refractivity contribution in [3.63, 3.8) is 0 Å². The second kappa shape index (κ2) is 9.37. The van der Waals surface area contributed by atoms with Gasteiger partial charge in [-0.2, -0.15) is 0 Å². The van der Waals surface area contributed by atoms with Crippen molar-refractivity contribution in [2.24, 2.45) is 0 Å². The highest BCUT2D eigenvalue weighted by Crippen LogP contribution is 2.23. The highest BCUT2D eigenvalue weighted by molar-refractivity contribution is 7.89. The standard InChI is InChI=1S/C19H20Cl2N2O3S/c1-3-23(13-15-6-10-17(20)18(21)12-15)19(24)11-7-14-4-8-16(9-5-14)27(25,26)22-2/h4-12,22H,3,13H2,1-2H3. The fourth-order valence-corrected chi connectivity index (χ4v) is 3.40. The number of nitrogens with one attached hydrogen (secondary N) is 1. The maximum Gasteiger partial charge on any atom is 0.246 e. The summed E-state index contributed by atoms with van der Waals surface area (Å²) in [5.74, 6) is -0.157. The van der Waals surface area contributed by atoms with E-state index < -0.39 is 10.0 Å². The Labute approximate surface area is 169 Å². The second-order valence-corrected chi connectivity index (χ2v) is 8.41. The van der Waals surface area contributed by atoms with Gasteiger partial charge in [-0.1, -0.05) is 41.4 Å². The molecule has 1 amide bonds. The molecule has 0 aliphatic heterocycles. The molecule has 0 atom stereocenters. The van der Waals surface area contributed by atoms with Crippen LogP contribution in [0.2, 0.25) is 10.0 Å². The molecular formula is C19H20Cl2N2O3S. The fraction of sp³-hybridized carbons (Fsp3) is 0.211. The molecule has 0 spiro atoms. The van der Waals surface area contributed by atoms with Crippen LogP contribution in [0.3, 0.4) is 0 Å². The van der Waals surface area contributed by atoms with Crippen LogP contribution in [0, 0.1) is 0 Å². The van der Waals surface area contributed by atoms with Crippen LogP contribution < -0.4 is 4.72 Å². The van der Waals surface area contributed by atoms with Crippen LogP contribution in [0.4, 0.5) is 0 Å². The molecule has 0 radical (unpaired) electrons. The molecule has 0 fully saturated rings. The molecule has 0 aliphatic rings. The average Bonchev–Trinajstić information content (AvgIpc) is 2.67. The monoisotopic (exact) mass is 426 g/mol. The summed E-state index contributed by atoms with van der Waals surface area (Å²) in [6, 6.07) is 11.5. The van der Waals surface area contributed by atoms with Crippen LogP contribution in [-0.2, 0) is 21.4 Å². The minimum absolute atomic E-state index is 0.157. The number of carbonyl (C=O) groups is 1. The fourth-order valence-electron chi connectivity index (χ4n) is 2.35. The number of nitrogens with zero attached hydrogens (tertiary/aromatic N) is 1. The normalized spacial score (nSPS) is 11.7. The molecule has 8 heteroatoms. The first-order valence-corrected chi connectivity index (χ1v) is 10.4. The summed E-state index contributed by atoms with van der Waals surface area (Å²) in [4.78, 5) is 14.3. The highest BCUT2D eigenvalue weighted by Gasteiger charge is 2.11. The van der Waals surface area contributed by atoms with Crippen LogP contribution in [0.25, 0.3) is 6.08 Å². The topological polar surface area (TPSA) is 66.5 Å². The highest BCUT2D eigenvalue weighted by atomic mass is 35.5. The molecule has 2 aromatic carbocycles. The van der Waals surface area contributed by atoms with Crippen molar-refractivity contribution < 1.29 is 13.2 Å². The molecule has 0 saturated heterocycles. The van der Waals surface area contributed by atoms with E-state index in [4.69, 9.17) is 23.2 Å². The van der Waals surface area contributed by atoms with Crippen molar-refractivity contribution in [2.75, 3.05) is 13.6 Å². The molecule has 1 N–H and O–H groups in total. The lowest BCUT2D eigenvalue weighted by Gasteiger charge is -2.19. The molecule has 0 aromatic heterocycles. The van der Waals surface area contributed by atoms with E-state index in [2.05, 4.69) is 4.72 Å². The lowest BCUT2D eigenvalue weighted by Crippen LogP contribution is -2.28. The van der Waals surface area contributed by atoms with Crippen LogP contribution in [0.15, 0.2) is 53.4 Å². The molecule has 2 rings (SSSR count). The third kappa shape index (κ3) is 5.81. The number of amides is 1. The second-order valence-electron chi connectivity index (χ2n) is 5.71. The van der Waals surface area contributed by atoms with E-state index in [-0.39, 0.29) is 10.8 Å². The molecule has 2 aromatic rings. The maximum absolute atomic E-state index is 12.5. The van der Waals surface area contributed by atoms with Crippen molar-refractivity contribution in [1.29, 1.82) is 0 Å². The Morgan fingerprint density at radius 3 is 2.33 bits per heavy atom. The molecule has 0 aliphatic carbocycles. The first kappa shape index (κ1) is 21.4. The number of hydrogen-bond donors (Lipinski definition) is 1. The van der Waals surface area contributed by atoms with E-state index >= 15 is 0 Å². The summed E-state index contributed by atoms with van der Waals surface area (Å²) in [7, 11) is -2.12. The van der Waals surface area contributed by atoms with Gasteiger partial charge in [0.15, 0.2) is 0 Å². The first-order chi connectivity index (χ1) is 12.8. The average molecular weight is 427 g/mol. The smallest absolute Gasteiger partial charge is 0.246 e. The van der Waals surface area contributed by atoms with Crippen molar-refractivity contribution >= 4 is 45.2 Å². The summed E-state index contributed by atoms with van der Waals surface area (Å²) < 4.78 is 25.7. The molecule has 0 bridgehead atoms. The Morgan fingerprint density at radius 2 is 1.78 bits per heavy atom. The number of sulfonamides is 1. The SMILES string of the molecule is CCN(Cc1ccc(Cl)c(Cl)c1)C(=O)C=Cc1ccc(S(=O)(=O)NC)cc1. The number of benzene rings is 2. The lowest BCUT2D eigenvalue weighted by molar-refractivity contribution is -0.126. The third-order valence-electron chi connectivity index (χ3n) is 3.93. The van der Waals surface area contributed by atoms with E-state index in [1.165, 1.54) is 25.3 Å². The maximum atomic E-state index is 12.5. The van der Waals surface area contributed by atoms with Gasteiger partial charge < -0.3 is 4.90 Å². The predicted octanol–water partition coefficient (Wildman–Crippen LogP) is 3.96.